The molecule has 0 aliphatic rings. The van der Waals surface area contributed by atoms with Gasteiger partial charge in [0.25, 0.3) is 9.05 Å². The Morgan fingerprint density at radius 3 is 2.53 bits per heavy atom. The fraction of sp³-hybridized carbons (Fsp3) is 0.222. The normalized spacial score (nSPS) is 11.1. The topological polar surface area (TPSA) is 84.0 Å². The van der Waals surface area contributed by atoms with Crippen LogP contribution in [0.1, 0.15) is 16.7 Å². The zero-order valence-electron chi connectivity index (χ0n) is 7.99. The molecule has 0 saturated heterocycles. The summed E-state index contributed by atoms with van der Waals surface area (Å²) in [5, 5.41) is 8.78. The van der Waals surface area contributed by atoms with Gasteiger partial charge >= 0.3 is 0 Å². The van der Waals surface area contributed by atoms with Crippen molar-refractivity contribution in [3.05, 3.63) is 28.8 Å². The summed E-state index contributed by atoms with van der Waals surface area (Å²) in [6.45, 7) is 1.75. The fourth-order valence-corrected chi connectivity index (χ4v) is 2.79. The summed E-state index contributed by atoms with van der Waals surface area (Å²) in [5.41, 5.74) is 6.56. The smallest absolute Gasteiger partial charge is 0.262 e. The maximum atomic E-state index is 11.3. The lowest BCUT2D eigenvalue weighted by atomic mass is 10.1. The molecule has 15 heavy (non-hydrogen) atoms. The largest absolute Gasteiger partial charge is 0.326 e. The maximum Gasteiger partial charge on any atom is 0.262 e. The summed E-state index contributed by atoms with van der Waals surface area (Å²) < 4.78 is 22.6. The van der Waals surface area contributed by atoms with Crippen LogP contribution in [0.25, 0.3) is 0 Å². The third kappa shape index (κ3) is 2.29. The highest BCUT2D eigenvalue weighted by molar-refractivity contribution is 8.13. The minimum Gasteiger partial charge on any atom is -0.326 e. The van der Waals surface area contributed by atoms with Gasteiger partial charge in [-0.1, -0.05) is 6.07 Å². The molecular weight excluding hydrogens is 236 g/mol. The predicted octanol–water partition coefficient (Wildman–Crippen LogP) is 1.25. The molecule has 0 spiro atoms. The summed E-state index contributed by atoms with van der Waals surface area (Å²) in [4.78, 5) is -0.172. The van der Waals surface area contributed by atoms with Crippen LogP contribution in [0.15, 0.2) is 17.0 Å². The van der Waals surface area contributed by atoms with Crippen molar-refractivity contribution in [1.29, 1.82) is 5.26 Å². The number of halogens is 1. The molecule has 0 saturated carbocycles. The summed E-state index contributed by atoms with van der Waals surface area (Å²) >= 11 is 0. The van der Waals surface area contributed by atoms with E-state index < -0.39 is 9.05 Å². The summed E-state index contributed by atoms with van der Waals surface area (Å²) in [5.74, 6) is 0. The number of nitrogens with two attached hydrogens (primary N) is 1. The van der Waals surface area contributed by atoms with E-state index in [1.165, 1.54) is 6.07 Å². The second-order valence-electron chi connectivity index (χ2n) is 2.99. The number of hydrogen-bond donors (Lipinski definition) is 1. The highest BCUT2D eigenvalue weighted by Gasteiger charge is 2.21. The van der Waals surface area contributed by atoms with Gasteiger partial charge in [0.15, 0.2) is 0 Å². The Kier molecular flexibility index (Phi) is 3.35. The van der Waals surface area contributed by atoms with Crippen LogP contribution in [0.2, 0.25) is 0 Å². The van der Waals surface area contributed by atoms with Crippen molar-refractivity contribution >= 4 is 19.7 Å². The Morgan fingerprint density at radius 2 is 2.13 bits per heavy atom. The van der Waals surface area contributed by atoms with Gasteiger partial charge in [-0.15, -0.1) is 0 Å². The molecule has 1 rings (SSSR count). The molecule has 0 aliphatic heterocycles. The first-order chi connectivity index (χ1) is 6.91. The first-order valence-electron chi connectivity index (χ1n) is 4.09. The zero-order chi connectivity index (χ0) is 11.6. The lowest BCUT2D eigenvalue weighted by Crippen LogP contribution is -2.08. The van der Waals surface area contributed by atoms with Crippen molar-refractivity contribution in [2.45, 2.75) is 18.4 Å². The van der Waals surface area contributed by atoms with Gasteiger partial charge < -0.3 is 5.73 Å². The average molecular weight is 245 g/mol. The Hall–Kier alpha value is -1.09. The van der Waals surface area contributed by atoms with Crippen LogP contribution in [0.5, 0.6) is 0 Å². The second kappa shape index (κ2) is 4.19. The Balaban J connectivity index is 3.73. The van der Waals surface area contributed by atoms with Gasteiger partial charge in [0, 0.05) is 17.2 Å². The maximum absolute atomic E-state index is 11.3. The zero-order valence-corrected chi connectivity index (χ0v) is 9.56. The van der Waals surface area contributed by atoms with Crippen molar-refractivity contribution in [2.75, 3.05) is 0 Å². The van der Waals surface area contributed by atoms with E-state index in [0.29, 0.717) is 11.1 Å². The molecule has 0 bridgehead atoms. The molecule has 0 unspecified atom stereocenters. The molecule has 0 atom stereocenters. The first-order valence-corrected chi connectivity index (χ1v) is 6.40. The van der Waals surface area contributed by atoms with Crippen molar-refractivity contribution in [1.82, 2.24) is 0 Å². The monoisotopic (exact) mass is 244 g/mol. The van der Waals surface area contributed by atoms with Crippen molar-refractivity contribution < 1.29 is 8.42 Å². The van der Waals surface area contributed by atoms with E-state index in [4.69, 9.17) is 21.7 Å². The summed E-state index contributed by atoms with van der Waals surface area (Å²) in [6, 6.07) is 4.85. The Bertz CT molecular complexity index is 532. The lowest BCUT2D eigenvalue weighted by molar-refractivity contribution is 0.608. The van der Waals surface area contributed by atoms with Crippen LogP contribution in [0, 0.1) is 18.3 Å². The van der Waals surface area contributed by atoms with E-state index in [-0.39, 0.29) is 17.0 Å². The van der Waals surface area contributed by atoms with Gasteiger partial charge in [0.2, 0.25) is 0 Å². The molecule has 0 fully saturated rings. The molecule has 1 aromatic rings. The standard InChI is InChI=1S/C9H9ClN2O2S/c1-6-2-3-7(4-11)9(8(6)5-12)15(10,13)14/h2-3H,5,12H2,1H3. The molecule has 0 aliphatic carbocycles. The summed E-state index contributed by atoms with van der Waals surface area (Å²) in [6.07, 6.45) is 0. The van der Waals surface area contributed by atoms with Gasteiger partial charge in [0.05, 0.1) is 5.56 Å². The molecule has 0 amide bonds. The molecule has 2 N–H and O–H groups in total. The number of hydrogen-bond acceptors (Lipinski definition) is 4. The molecular formula is C9H9ClN2O2S. The van der Waals surface area contributed by atoms with Crippen LogP contribution in [-0.4, -0.2) is 8.42 Å². The van der Waals surface area contributed by atoms with E-state index in [0.717, 1.165) is 0 Å². The first kappa shape index (κ1) is 12.0. The van der Waals surface area contributed by atoms with Gasteiger partial charge in [-0.25, -0.2) is 8.42 Å². The van der Waals surface area contributed by atoms with Crippen LogP contribution in [-0.2, 0) is 15.6 Å². The highest BCUT2D eigenvalue weighted by Crippen LogP contribution is 2.26. The third-order valence-corrected chi connectivity index (χ3v) is 3.48. The SMILES string of the molecule is Cc1ccc(C#N)c(S(=O)(=O)Cl)c1CN. The minimum atomic E-state index is -3.94. The number of rotatable bonds is 2. The quantitative estimate of drug-likeness (QED) is 0.794. The van der Waals surface area contributed by atoms with Crippen LogP contribution in [0.4, 0.5) is 0 Å². The van der Waals surface area contributed by atoms with Gasteiger partial charge in [0.1, 0.15) is 11.0 Å². The van der Waals surface area contributed by atoms with E-state index in [1.807, 2.05) is 0 Å². The fourth-order valence-electron chi connectivity index (χ4n) is 1.35. The van der Waals surface area contributed by atoms with Crippen molar-refractivity contribution in [2.24, 2.45) is 5.73 Å². The van der Waals surface area contributed by atoms with E-state index >= 15 is 0 Å². The number of benzene rings is 1. The van der Waals surface area contributed by atoms with Crippen LogP contribution >= 0.6 is 10.7 Å². The Morgan fingerprint density at radius 1 is 1.53 bits per heavy atom. The minimum absolute atomic E-state index is 0.0241. The molecule has 80 valence electrons. The van der Waals surface area contributed by atoms with Crippen molar-refractivity contribution in [3.8, 4) is 6.07 Å². The Labute approximate surface area is 92.7 Å². The van der Waals surface area contributed by atoms with E-state index in [2.05, 4.69) is 0 Å². The number of nitriles is 1. The molecule has 0 aromatic heterocycles. The number of aryl methyl sites for hydroxylation is 1. The molecule has 0 heterocycles. The lowest BCUT2D eigenvalue weighted by Gasteiger charge is -2.09. The van der Waals surface area contributed by atoms with E-state index in [1.54, 1.807) is 19.1 Å². The van der Waals surface area contributed by atoms with Crippen molar-refractivity contribution in [3.63, 3.8) is 0 Å². The van der Waals surface area contributed by atoms with Gasteiger partial charge in [-0.3, -0.25) is 0 Å². The summed E-state index contributed by atoms with van der Waals surface area (Å²) in [7, 11) is 1.32. The molecule has 1 aromatic carbocycles. The van der Waals surface area contributed by atoms with Crippen LogP contribution in [0.3, 0.4) is 0 Å². The highest BCUT2D eigenvalue weighted by atomic mass is 35.7. The van der Waals surface area contributed by atoms with E-state index in [9.17, 15) is 8.42 Å². The molecule has 0 radical (unpaired) electrons. The van der Waals surface area contributed by atoms with Gasteiger partial charge in [-0.2, -0.15) is 5.26 Å². The third-order valence-electron chi connectivity index (χ3n) is 2.06. The van der Waals surface area contributed by atoms with Gasteiger partial charge in [-0.05, 0) is 24.1 Å². The van der Waals surface area contributed by atoms with Crippen LogP contribution < -0.4 is 5.73 Å². The average Bonchev–Trinajstić information content (AvgIpc) is 2.15. The number of nitrogens with zero attached hydrogens (tertiary/aromatic N) is 1. The molecule has 4 nitrogen and oxygen atoms in total. The molecule has 6 heteroatoms. The second-order valence-corrected chi connectivity index (χ2v) is 5.49. The predicted molar refractivity (Wildman–Crippen MR) is 56.8 cm³/mol.